The number of para-hydroxylation sites is 1. The summed E-state index contributed by atoms with van der Waals surface area (Å²) in [6.45, 7) is 5.35. The molecule has 0 amide bonds. The molecule has 0 saturated heterocycles. The summed E-state index contributed by atoms with van der Waals surface area (Å²) in [4.78, 5) is 11.5. The lowest BCUT2D eigenvalue weighted by Crippen LogP contribution is -2.21. The monoisotopic (exact) mass is 315 g/mol. The van der Waals surface area contributed by atoms with Gasteiger partial charge in [-0.1, -0.05) is 23.7 Å². The summed E-state index contributed by atoms with van der Waals surface area (Å²) >= 11 is 6.13. The van der Waals surface area contributed by atoms with Crippen LogP contribution in [0.25, 0.3) is 0 Å². The Morgan fingerprint density at radius 3 is 2.81 bits per heavy atom. The third-order valence-electron chi connectivity index (χ3n) is 2.55. The highest BCUT2D eigenvalue weighted by atomic mass is 35.5. The number of rotatable bonds is 9. The second kappa shape index (κ2) is 9.60. The standard InChI is InChI=1S/C15H22ClNO4/c1-11(2)21-14(18)10-20-15-12(5-4-6-13(15)16)9-17-7-8-19-3/h4-6,11,17H,7-10H2,1-3H3. The van der Waals surface area contributed by atoms with E-state index in [1.54, 1.807) is 27.0 Å². The van der Waals surface area contributed by atoms with E-state index in [0.717, 1.165) is 12.1 Å². The predicted molar refractivity (Wildman–Crippen MR) is 81.8 cm³/mol. The molecule has 0 unspecified atom stereocenters. The van der Waals surface area contributed by atoms with E-state index in [4.69, 9.17) is 25.8 Å². The van der Waals surface area contributed by atoms with E-state index >= 15 is 0 Å². The third kappa shape index (κ3) is 6.80. The summed E-state index contributed by atoms with van der Waals surface area (Å²) in [5.74, 6) is 0.0907. The smallest absolute Gasteiger partial charge is 0.344 e. The molecule has 0 heterocycles. The lowest BCUT2D eigenvalue weighted by Gasteiger charge is -2.14. The van der Waals surface area contributed by atoms with Crippen LogP contribution in [0, 0.1) is 0 Å². The van der Waals surface area contributed by atoms with E-state index in [-0.39, 0.29) is 12.7 Å². The number of ether oxygens (including phenoxy) is 3. The number of methoxy groups -OCH3 is 1. The fourth-order valence-electron chi connectivity index (χ4n) is 1.68. The second-order valence-electron chi connectivity index (χ2n) is 4.72. The van der Waals surface area contributed by atoms with Gasteiger partial charge >= 0.3 is 5.97 Å². The normalized spacial score (nSPS) is 10.7. The Kier molecular flexibility index (Phi) is 8.12. The van der Waals surface area contributed by atoms with E-state index < -0.39 is 5.97 Å². The predicted octanol–water partition coefficient (Wildman–Crippen LogP) is 2.41. The molecule has 1 aromatic rings. The van der Waals surface area contributed by atoms with Crippen LogP contribution in [0.3, 0.4) is 0 Å². The van der Waals surface area contributed by atoms with Crippen LogP contribution in [0.4, 0.5) is 0 Å². The van der Waals surface area contributed by atoms with E-state index in [2.05, 4.69) is 5.32 Å². The Hall–Kier alpha value is -1.30. The molecule has 0 fully saturated rings. The van der Waals surface area contributed by atoms with Crippen molar-refractivity contribution in [3.63, 3.8) is 0 Å². The zero-order valence-corrected chi connectivity index (χ0v) is 13.4. The maximum Gasteiger partial charge on any atom is 0.344 e. The van der Waals surface area contributed by atoms with E-state index in [1.807, 2.05) is 12.1 Å². The molecule has 118 valence electrons. The topological polar surface area (TPSA) is 56.8 Å². The van der Waals surface area contributed by atoms with Gasteiger partial charge in [0.2, 0.25) is 0 Å². The Morgan fingerprint density at radius 1 is 1.38 bits per heavy atom. The van der Waals surface area contributed by atoms with Crippen molar-refractivity contribution in [1.29, 1.82) is 0 Å². The zero-order valence-electron chi connectivity index (χ0n) is 12.6. The molecule has 1 rings (SSSR count). The van der Waals surface area contributed by atoms with Gasteiger partial charge in [0.05, 0.1) is 17.7 Å². The van der Waals surface area contributed by atoms with E-state index in [0.29, 0.717) is 23.9 Å². The number of hydrogen-bond donors (Lipinski definition) is 1. The van der Waals surface area contributed by atoms with Gasteiger partial charge in [-0.15, -0.1) is 0 Å². The quantitative estimate of drug-likeness (QED) is 0.560. The fraction of sp³-hybridized carbons (Fsp3) is 0.533. The second-order valence-corrected chi connectivity index (χ2v) is 5.13. The number of carbonyl (C=O) groups is 1. The van der Waals surface area contributed by atoms with Gasteiger partial charge in [-0.2, -0.15) is 0 Å². The number of benzene rings is 1. The average Bonchev–Trinajstić information content (AvgIpc) is 2.42. The molecule has 0 saturated carbocycles. The fourth-order valence-corrected chi connectivity index (χ4v) is 1.93. The molecule has 0 bridgehead atoms. The minimum atomic E-state index is -0.414. The molecular weight excluding hydrogens is 294 g/mol. The molecule has 0 aliphatic carbocycles. The first-order valence-electron chi connectivity index (χ1n) is 6.84. The summed E-state index contributed by atoms with van der Waals surface area (Å²) < 4.78 is 15.5. The van der Waals surface area contributed by atoms with Gasteiger partial charge in [0.25, 0.3) is 0 Å². The van der Waals surface area contributed by atoms with Crippen LogP contribution in [0.15, 0.2) is 18.2 Å². The van der Waals surface area contributed by atoms with Gasteiger partial charge in [0, 0.05) is 25.8 Å². The first-order valence-corrected chi connectivity index (χ1v) is 7.21. The molecule has 1 N–H and O–H groups in total. The lowest BCUT2D eigenvalue weighted by molar-refractivity contribution is -0.149. The Bertz CT molecular complexity index is 451. The molecule has 0 radical (unpaired) electrons. The molecule has 0 aliphatic heterocycles. The van der Waals surface area contributed by atoms with Crippen LogP contribution >= 0.6 is 11.6 Å². The number of esters is 1. The SMILES string of the molecule is COCCNCc1cccc(Cl)c1OCC(=O)OC(C)C. The van der Waals surface area contributed by atoms with Gasteiger partial charge in [-0.05, 0) is 19.9 Å². The van der Waals surface area contributed by atoms with Gasteiger partial charge in [-0.3, -0.25) is 0 Å². The van der Waals surface area contributed by atoms with Crippen LogP contribution < -0.4 is 10.1 Å². The van der Waals surface area contributed by atoms with Gasteiger partial charge in [0.15, 0.2) is 6.61 Å². The molecule has 0 spiro atoms. The maximum absolute atomic E-state index is 11.5. The zero-order chi connectivity index (χ0) is 15.7. The highest BCUT2D eigenvalue weighted by Crippen LogP contribution is 2.28. The Balaban J connectivity index is 2.60. The summed E-state index contributed by atoms with van der Waals surface area (Å²) in [6.07, 6.45) is -0.164. The van der Waals surface area contributed by atoms with Crippen molar-refractivity contribution in [3.8, 4) is 5.75 Å². The van der Waals surface area contributed by atoms with E-state index in [1.165, 1.54) is 0 Å². The lowest BCUT2D eigenvalue weighted by atomic mass is 10.2. The van der Waals surface area contributed by atoms with Gasteiger partial charge in [0.1, 0.15) is 5.75 Å². The van der Waals surface area contributed by atoms with E-state index in [9.17, 15) is 4.79 Å². The summed E-state index contributed by atoms with van der Waals surface area (Å²) in [5, 5.41) is 3.68. The first-order chi connectivity index (χ1) is 10.0. The number of carbonyl (C=O) groups excluding carboxylic acids is 1. The number of hydrogen-bond acceptors (Lipinski definition) is 5. The van der Waals surface area contributed by atoms with Crippen LogP contribution in [-0.4, -0.2) is 38.9 Å². The number of halogens is 1. The molecule has 5 nitrogen and oxygen atoms in total. The van der Waals surface area contributed by atoms with Crippen molar-refractivity contribution >= 4 is 17.6 Å². The average molecular weight is 316 g/mol. The number of nitrogens with one attached hydrogen (secondary N) is 1. The van der Waals surface area contributed by atoms with Crippen LogP contribution in [-0.2, 0) is 20.8 Å². The largest absolute Gasteiger partial charge is 0.480 e. The van der Waals surface area contributed by atoms with Crippen LogP contribution in [0.5, 0.6) is 5.75 Å². The molecule has 0 aromatic heterocycles. The molecule has 6 heteroatoms. The molecular formula is C15H22ClNO4. The van der Waals surface area contributed by atoms with Crippen molar-refractivity contribution in [3.05, 3.63) is 28.8 Å². The van der Waals surface area contributed by atoms with Crippen molar-refractivity contribution in [1.82, 2.24) is 5.32 Å². The van der Waals surface area contributed by atoms with Crippen molar-refractivity contribution in [2.24, 2.45) is 0 Å². The molecule has 0 aliphatic rings. The summed E-state index contributed by atoms with van der Waals surface area (Å²) in [5.41, 5.74) is 0.885. The molecule has 1 aromatic carbocycles. The first kappa shape index (κ1) is 17.8. The Morgan fingerprint density at radius 2 is 2.14 bits per heavy atom. The van der Waals surface area contributed by atoms with Crippen LogP contribution in [0.1, 0.15) is 19.4 Å². The highest BCUT2D eigenvalue weighted by Gasteiger charge is 2.12. The Labute approximate surface area is 130 Å². The third-order valence-corrected chi connectivity index (χ3v) is 2.85. The van der Waals surface area contributed by atoms with Gasteiger partial charge in [-0.25, -0.2) is 4.79 Å². The molecule has 0 atom stereocenters. The molecule has 21 heavy (non-hydrogen) atoms. The van der Waals surface area contributed by atoms with Gasteiger partial charge < -0.3 is 19.5 Å². The minimum absolute atomic E-state index is 0.160. The van der Waals surface area contributed by atoms with Crippen LogP contribution in [0.2, 0.25) is 5.02 Å². The summed E-state index contributed by atoms with van der Waals surface area (Å²) in [7, 11) is 1.65. The highest BCUT2D eigenvalue weighted by molar-refractivity contribution is 6.32. The van der Waals surface area contributed by atoms with Crippen molar-refractivity contribution in [2.45, 2.75) is 26.5 Å². The van der Waals surface area contributed by atoms with Crippen molar-refractivity contribution in [2.75, 3.05) is 26.9 Å². The summed E-state index contributed by atoms with van der Waals surface area (Å²) in [6, 6.07) is 5.47. The maximum atomic E-state index is 11.5. The minimum Gasteiger partial charge on any atom is -0.480 e. The van der Waals surface area contributed by atoms with Crippen molar-refractivity contribution < 1.29 is 19.0 Å².